The predicted molar refractivity (Wildman–Crippen MR) is 115 cm³/mol. The summed E-state index contributed by atoms with van der Waals surface area (Å²) in [5, 5.41) is 9.43. The molecule has 2 atom stereocenters. The Hall–Kier alpha value is -1.80. The highest BCUT2D eigenvalue weighted by atomic mass is 79.9. The minimum atomic E-state index is -3.74. The van der Waals surface area contributed by atoms with Crippen molar-refractivity contribution in [1.29, 1.82) is 5.26 Å². The van der Waals surface area contributed by atoms with E-state index >= 15 is 0 Å². The van der Waals surface area contributed by atoms with Crippen molar-refractivity contribution in [3.8, 4) is 17.7 Å². The summed E-state index contributed by atoms with van der Waals surface area (Å²) in [6.07, 6.45) is 2.59. The monoisotopic (exact) mass is 543 g/mol. The summed E-state index contributed by atoms with van der Waals surface area (Å²) >= 11 is 6.58. The van der Waals surface area contributed by atoms with Gasteiger partial charge < -0.3 is 14.4 Å². The number of nitrogens with zero attached hydrogens (tertiary/aromatic N) is 2. The lowest BCUT2D eigenvalue weighted by Gasteiger charge is -2.18. The second-order valence-electron chi connectivity index (χ2n) is 6.52. The molecule has 0 bridgehead atoms. The van der Waals surface area contributed by atoms with Gasteiger partial charge in [0.15, 0.2) is 6.19 Å². The minimum absolute atomic E-state index is 0.147. The number of halogens is 2. The van der Waals surface area contributed by atoms with Crippen LogP contribution >= 0.6 is 31.9 Å². The summed E-state index contributed by atoms with van der Waals surface area (Å²) in [6, 6.07) is 11.5. The van der Waals surface area contributed by atoms with E-state index in [0.717, 1.165) is 5.75 Å². The maximum Gasteiger partial charge on any atom is 0.242 e. The second-order valence-corrected chi connectivity index (χ2v) is 9.97. The van der Waals surface area contributed by atoms with Crippen molar-refractivity contribution in [2.24, 2.45) is 0 Å². The summed E-state index contributed by atoms with van der Waals surface area (Å²) in [4.78, 5) is 1.69. The van der Waals surface area contributed by atoms with E-state index in [-0.39, 0.29) is 24.1 Å². The van der Waals surface area contributed by atoms with Crippen molar-refractivity contribution in [3.63, 3.8) is 0 Å². The van der Waals surface area contributed by atoms with Crippen LogP contribution in [0.3, 0.4) is 0 Å². The molecule has 1 saturated heterocycles. The molecule has 1 N–H and O–H groups in total. The largest absolute Gasteiger partial charge is 0.497 e. The maximum atomic E-state index is 12.8. The molecule has 1 aliphatic rings. The molecule has 1 heterocycles. The van der Waals surface area contributed by atoms with Crippen LogP contribution in [-0.4, -0.2) is 45.7 Å². The Morgan fingerprint density at radius 3 is 2.55 bits per heavy atom. The molecule has 0 saturated carbocycles. The summed E-state index contributed by atoms with van der Waals surface area (Å²) in [7, 11) is -2.15. The standard InChI is InChI=1S/C19H19Br2N3O4S/c1-27-16-3-5-17(6-4-16)28-11-15-9-14(10-24(15)12-22)23-29(25,26)19-8-13(20)2-7-18(19)21/h2-8,14-15,23H,9-11H2,1H3. The van der Waals surface area contributed by atoms with Gasteiger partial charge in [-0.1, -0.05) is 15.9 Å². The van der Waals surface area contributed by atoms with Crippen LogP contribution in [0.4, 0.5) is 0 Å². The third-order valence-corrected chi connectivity index (χ3v) is 7.56. The fourth-order valence-corrected chi connectivity index (χ4v) is 5.85. The van der Waals surface area contributed by atoms with Crippen molar-refractivity contribution in [2.45, 2.75) is 23.4 Å². The number of hydrogen-bond acceptors (Lipinski definition) is 6. The van der Waals surface area contributed by atoms with E-state index in [9.17, 15) is 13.7 Å². The number of nitrogens with one attached hydrogen (secondary N) is 1. The molecule has 0 aromatic heterocycles. The second kappa shape index (κ2) is 9.34. The van der Waals surface area contributed by atoms with Crippen LogP contribution in [0.25, 0.3) is 0 Å². The molecule has 0 amide bonds. The zero-order valence-electron chi connectivity index (χ0n) is 15.5. The van der Waals surface area contributed by atoms with E-state index in [2.05, 4.69) is 42.8 Å². The molecule has 0 spiro atoms. The van der Waals surface area contributed by atoms with Crippen molar-refractivity contribution in [1.82, 2.24) is 9.62 Å². The van der Waals surface area contributed by atoms with Crippen LogP contribution in [0.2, 0.25) is 0 Å². The van der Waals surface area contributed by atoms with Gasteiger partial charge >= 0.3 is 0 Å². The van der Waals surface area contributed by atoms with Gasteiger partial charge in [0.05, 0.1) is 18.0 Å². The van der Waals surface area contributed by atoms with Gasteiger partial charge in [-0.2, -0.15) is 5.26 Å². The molecule has 10 heteroatoms. The van der Waals surface area contributed by atoms with Gasteiger partial charge in [-0.3, -0.25) is 0 Å². The van der Waals surface area contributed by atoms with Crippen LogP contribution in [0.15, 0.2) is 56.3 Å². The van der Waals surface area contributed by atoms with Crippen molar-refractivity contribution in [3.05, 3.63) is 51.4 Å². The number of methoxy groups -OCH3 is 1. The van der Waals surface area contributed by atoms with Gasteiger partial charge in [0.1, 0.15) is 18.1 Å². The highest BCUT2D eigenvalue weighted by Crippen LogP contribution is 2.27. The van der Waals surface area contributed by atoms with Crippen molar-refractivity contribution in [2.75, 3.05) is 20.3 Å². The molecular formula is C19H19Br2N3O4S. The first-order valence-electron chi connectivity index (χ1n) is 8.73. The van der Waals surface area contributed by atoms with E-state index in [1.807, 2.05) is 0 Å². The van der Waals surface area contributed by atoms with Gasteiger partial charge in [0, 0.05) is 21.5 Å². The van der Waals surface area contributed by atoms with E-state index in [0.29, 0.717) is 21.1 Å². The number of ether oxygens (including phenoxy) is 2. The third kappa shape index (κ3) is 5.42. The number of hydrogen-bond donors (Lipinski definition) is 1. The van der Waals surface area contributed by atoms with Crippen LogP contribution in [0.1, 0.15) is 6.42 Å². The third-order valence-electron chi connectivity index (χ3n) is 4.55. The molecule has 2 aromatic rings. The number of sulfonamides is 1. The average Bonchev–Trinajstić information content (AvgIpc) is 3.09. The zero-order valence-corrected chi connectivity index (χ0v) is 19.5. The smallest absolute Gasteiger partial charge is 0.242 e. The lowest BCUT2D eigenvalue weighted by Crippen LogP contribution is -2.36. The lowest BCUT2D eigenvalue weighted by molar-refractivity contribution is 0.219. The highest BCUT2D eigenvalue weighted by molar-refractivity contribution is 9.11. The SMILES string of the molecule is COc1ccc(OCC2CC(NS(=O)(=O)c3cc(Br)ccc3Br)CN2C#N)cc1. The van der Waals surface area contributed by atoms with E-state index in [1.165, 1.54) is 6.07 Å². The maximum absolute atomic E-state index is 12.8. The van der Waals surface area contributed by atoms with Gasteiger partial charge in [-0.15, -0.1) is 0 Å². The van der Waals surface area contributed by atoms with Gasteiger partial charge in [0.25, 0.3) is 0 Å². The number of nitriles is 1. The van der Waals surface area contributed by atoms with E-state index in [1.54, 1.807) is 48.4 Å². The van der Waals surface area contributed by atoms with E-state index in [4.69, 9.17) is 9.47 Å². The fourth-order valence-electron chi connectivity index (χ4n) is 3.11. The first kappa shape index (κ1) is 21.9. The van der Waals surface area contributed by atoms with Crippen LogP contribution in [-0.2, 0) is 10.0 Å². The van der Waals surface area contributed by atoms with Gasteiger partial charge in [-0.25, -0.2) is 13.1 Å². The number of likely N-dealkylation sites (tertiary alicyclic amines) is 1. The zero-order chi connectivity index (χ0) is 21.0. The Labute approximate surface area is 186 Å². The summed E-state index contributed by atoms with van der Waals surface area (Å²) < 4.78 is 40.3. The van der Waals surface area contributed by atoms with Gasteiger partial charge in [0.2, 0.25) is 10.0 Å². The topological polar surface area (TPSA) is 91.7 Å². The molecule has 7 nitrogen and oxygen atoms in total. The predicted octanol–water partition coefficient (Wildman–Crippen LogP) is 3.50. The van der Waals surface area contributed by atoms with Crippen LogP contribution in [0.5, 0.6) is 11.5 Å². The Morgan fingerprint density at radius 1 is 1.21 bits per heavy atom. The quantitative estimate of drug-likeness (QED) is 0.536. The first-order valence-corrected chi connectivity index (χ1v) is 11.8. The molecule has 2 unspecified atom stereocenters. The number of rotatable bonds is 7. The Balaban J connectivity index is 1.65. The Kier molecular flexibility index (Phi) is 7.05. The Bertz CT molecular complexity index is 1010. The van der Waals surface area contributed by atoms with Crippen molar-refractivity contribution < 1.29 is 17.9 Å². The molecule has 154 valence electrons. The molecule has 3 rings (SSSR count). The average molecular weight is 545 g/mol. The number of benzene rings is 2. The molecule has 0 radical (unpaired) electrons. The summed E-state index contributed by atoms with van der Waals surface area (Å²) in [5.74, 6) is 1.39. The minimum Gasteiger partial charge on any atom is -0.497 e. The van der Waals surface area contributed by atoms with Crippen molar-refractivity contribution >= 4 is 41.9 Å². The molecule has 1 aliphatic heterocycles. The Morgan fingerprint density at radius 2 is 1.90 bits per heavy atom. The summed E-state index contributed by atoms with van der Waals surface area (Å²) in [6.45, 7) is 0.566. The molecule has 0 aliphatic carbocycles. The van der Waals surface area contributed by atoms with Gasteiger partial charge in [-0.05, 0) is 64.8 Å². The van der Waals surface area contributed by atoms with Crippen LogP contribution < -0.4 is 14.2 Å². The highest BCUT2D eigenvalue weighted by Gasteiger charge is 2.35. The molecule has 2 aromatic carbocycles. The molecular weight excluding hydrogens is 526 g/mol. The first-order chi connectivity index (χ1) is 13.8. The summed E-state index contributed by atoms with van der Waals surface area (Å²) in [5.41, 5.74) is 0. The molecule has 1 fully saturated rings. The fraction of sp³-hybridized carbons (Fsp3) is 0.316. The van der Waals surface area contributed by atoms with Crippen LogP contribution in [0, 0.1) is 11.5 Å². The van der Waals surface area contributed by atoms with E-state index < -0.39 is 16.1 Å². The molecule has 29 heavy (non-hydrogen) atoms. The normalized spacial score (nSPS) is 19.0. The lowest BCUT2D eigenvalue weighted by atomic mass is 10.2.